The van der Waals surface area contributed by atoms with Crippen molar-refractivity contribution in [3.8, 4) is 0 Å². The molecule has 3 nitrogen and oxygen atoms in total. The first-order valence-corrected chi connectivity index (χ1v) is 4.49. The Bertz CT molecular complexity index is 244. The van der Waals surface area contributed by atoms with Crippen LogP contribution in [0.25, 0.3) is 0 Å². The molecule has 0 saturated carbocycles. The molecule has 1 atom stereocenters. The maximum Gasteiger partial charge on any atom is 0.111 e. The van der Waals surface area contributed by atoms with Crippen LogP contribution < -0.4 is 5.48 Å². The summed E-state index contributed by atoms with van der Waals surface area (Å²) in [6, 6.07) is 9.85. The molecule has 0 bridgehead atoms. The van der Waals surface area contributed by atoms with E-state index >= 15 is 0 Å². The predicted octanol–water partition coefficient (Wildman–Crippen LogP) is 1.82. The molecule has 1 aliphatic rings. The maximum atomic E-state index is 5.41. The number of ether oxygens (including phenoxy) is 1. The van der Waals surface area contributed by atoms with Crippen LogP contribution in [0.4, 0.5) is 5.69 Å². The molecule has 1 unspecified atom stereocenters. The molecule has 1 heterocycles. The highest BCUT2D eigenvalue weighted by Gasteiger charge is 2.15. The topological polar surface area (TPSA) is 30.5 Å². The predicted molar refractivity (Wildman–Crippen MR) is 50.4 cm³/mol. The number of anilines is 1. The Morgan fingerprint density at radius 1 is 1.31 bits per heavy atom. The van der Waals surface area contributed by atoms with Gasteiger partial charge in [-0.25, -0.2) is 0 Å². The summed E-state index contributed by atoms with van der Waals surface area (Å²) in [6.07, 6.45) is 1.17. The van der Waals surface area contributed by atoms with E-state index in [2.05, 4.69) is 5.48 Å². The largest absolute Gasteiger partial charge is 0.379 e. The lowest BCUT2D eigenvalue weighted by Crippen LogP contribution is -2.16. The van der Waals surface area contributed by atoms with Crippen molar-refractivity contribution in [1.29, 1.82) is 0 Å². The molecule has 0 radical (unpaired) electrons. The van der Waals surface area contributed by atoms with Crippen molar-refractivity contribution in [1.82, 2.24) is 0 Å². The minimum absolute atomic E-state index is 0.195. The van der Waals surface area contributed by atoms with Crippen molar-refractivity contribution in [3.63, 3.8) is 0 Å². The SMILES string of the molecule is c1ccc(NOC2CCOC2)cc1. The van der Waals surface area contributed by atoms with Crippen LogP contribution in [0.1, 0.15) is 6.42 Å². The van der Waals surface area contributed by atoms with E-state index in [4.69, 9.17) is 9.57 Å². The first kappa shape index (κ1) is 8.53. The fourth-order valence-electron chi connectivity index (χ4n) is 1.26. The van der Waals surface area contributed by atoms with E-state index in [0.717, 1.165) is 18.7 Å². The van der Waals surface area contributed by atoms with Crippen molar-refractivity contribution in [2.45, 2.75) is 12.5 Å². The fraction of sp³-hybridized carbons (Fsp3) is 0.400. The lowest BCUT2D eigenvalue weighted by atomic mass is 10.3. The van der Waals surface area contributed by atoms with E-state index in [1.165, 1.54) is 0 Å². The number of hydrogen-bond acceptors (Lipinski definition) is 3. The molecule has 1 N–H and O–H groups in total. The summed E-state index contributed by atoms with van der Waals surface area (Å²) in [5.74, 6) is 0. The normalized spacial score (nSPS) is 21.7. The van der Waals surface area contributed by atoms with Crippen LogP contribution in [0.5, 0.6) is 0 Å². The van der Waals surface area contributed by atoms with E-state index in [0.29, 0.717) is 6.61 Å². The Hall–Kier alpha value is -1.06. The van der Waals surface area contributed by atoms with Crippen LogP contribution in [0.15, 0.2) is 30.3 Å². The van der Waals surface area contributed by atoms with E-state index in [1.54, 1.807) is 0 Å². The zero-order valence-corrected chi connectivity index (χ0v) is 7.40. The van der Waals surface area contributed by atoms with Crippen molar-refractivity contribution >= 4 is 5.69 Å². The second kappa shape index (κ2) is 4.25. The molecular formula is C10H13NO2. The zero-order chi connectivity index (χ0) is 8.93. The molecule has 70 valence electrons. The third-order valence-electron chi connectivity index (χ3n) is 2.01. The average Bonchev–Trinajstić information content (AvgIpc) is 2.69. The number of rotatable bonds is 3. The van der Waals surface area contributed by atoms with Gasteiger partial charge in [0.15, 0.2) is 0 Å². The van der Waals surface area contributed by atoms with Crippen molar-refractivity contribution in [2.75, 3.05) is 18.7 Å². The first-order valence-electron chi connectivity index (χ1n) is 4.49. The lowest BCUT2D eigenvalue weighted by Gasteiger charge is -2.10. The van der Waals surface area contributed by atoms with Crippen molar-refractivity contribution in [2.24, 2.45) is 0 Å². The summed E-state index contributed by atoms with van der Waals surface area (Å²) >= 11 is 0. The highest BCUT2D eigenvalue weighted by atomic mass is 16.7. The van der Waals surface area contributed by atoms with Crippen LogP contribution in [0.2, 0.25) is 0 Å². The number of nitrogens with one attached hydrogen (secondary N) is 1. The van der Waals surface area contributed by atoms with Gasteiger partial charge in [0.2, 0.25) is 0 Å². The minimum atomic E-state index is 0.195. The molecule has 0 amide bonds. The monoisotopic (exact) mass is 179 g/mol. The van der Waals surface area contributed by atoms with Gasteiger partial charge in [0, 0.05) is 13.0 Å². The van der Waals surface area contributed by atoms with Crippen LogP contribution in [-0.2, 0) is 9.57 Å². The summed E-state index contributed by atoms with van der Waals surface area (Å²) in [5, 5.41) is 0. The minimum Gasteiger partial charge on any atom is -0.379 e. The first-order chi connectivity index (χ1) is 6.45. The Morgan fingerprint density at radius 3 is 2.85 bits per heavy atom. The molecule has 3 heteroatoms. The maximum absolute atomic E-state index is 5.41. The van der Waals surface area contributed by atoms with Gasteiger partial charge in [0.1, 0.15) is 6.10 Å². The highest BCUT2D eigenvalue weighted by Crippen LogP contribution is 2.11. The zero-order valence-electron chi connectivity index (χ0n) is 7.40. The van der Waals surface area contributed by atoms with Gasteiger partial charge in [0.25, 0.3) is 0 Å². The van der Waals surface area contributed by atoms with Gasteiger partial charge in [0.05, 0.1) is 12.3 Å². The molecule has 1 saturated heterocycles. The molecule has 1 aliphatic heterocycles. The summed E-state index contributed by atoms with van der Waals surface area (Å²) in [7, 11) is 0. The van der Waals surface area contributed by atoms with Gasteiger partial charge in [-0.3, -0.25) is 10.3 Å². The summed E-state index contributed by atoms with van der Waals surface area (Å²) in [5.41, 5.74) is 3.89. The van der Waals surface area contributed by atoms with Gasteiger partial charge in [-0.2, -0.15) is 0 Å². The standard InChI is InChI=1S/C10H13NO2/c1-2-4-9(5-3-1)11-13-10-6-7-12-8-10/h1-5,10-11H,6-8H2. The second-order valence-electron chi connectivity index (χ2n) is 3.07. The number of hydrogen-bond donors (Lipinski definition) is 1. The van der Waals surface area contributed by atoms with Gasteiger partial charge in [-0.1, -0.05) is 18.2 Å². The molecule has 0 aromatic heterocycles. The third-order valence-corrected chi connectivity index (χ3v) is 2.01. The van der Waals surface area contributed by atoms with Gasteiger partial charge in [-0.05, 0) is 12.1 Å². The molecular weight excluding hydrogens is 166 g/mol. The molecule has 13 heavy (non-hydrogen) atoms. The van der Waals surface area contributed by atoms with Crippen molar-refractivity contribution in [3.05, 3.63) is 30.3 Å². The molecule has 2 rings (SSSR count). The van der Waals surface area contributed by atoms with Gasteiger partial charge < -0.3 is 4.74 Å². The molecule has 0 spiro atoms. The van der Waals surface area contributed by atoms with Crippen LogP contribution in [-0.4, -0.2) is 19.3 Å². The Labute approximate surface area is 77.6 Å². The number of para-hydroxylation sites is 1. The molecule has 1 aromatic carbocycles. The summed E-state index contributed by atoms with van der Waals surface area (Å²) in [6.45, 7) is 1.50. The smallest absolute Gasteiger partial charge is 0.111 e. The van der Waals surface area contributed by atoms with Gasteiger partial charge >= 0.3 is 0 Å². The lowest BCUT2D eigenvalue weighted by molar-refractivity contribution is 0.0801. The van der Waals surface area contributed by atoms with E-state index in [1.807, 2.05) is 30.3 Å². The summed E-state index contributed by atoms with van der Waals surface area (Å²) in [4.78, 5) is 5.41. The van der Waals surface area contributed by atoms with Crippen LogP contribution >= 0.6 is 0 Å². The Kier molecular flexibility index (Phi) is 2.79. The van der Waals surface area contributed by atoms with Crippen molar-refractivity contribution < 1.29 is 9.57 Å². The molecule has 1 aromatic rings. The molecule has 1 fully saturated rings. The second-order valence-corrected chi connectivity index (χ2v) is 3.07. The third kappa shape index (κ3) is 2.44. The van der Waals surface area contributed by atoms with Crippen LogP contribution in [0, 0.1) is 0 Å². The average molecular weight is 179 g/mol. The molecule has 0 aliphatic carbocycles. The highest BCUT2D eigenvalue weighted by molar-refractivity contribution is 5.40. The number of benzene rings is 1. The quantitative estimate of drug-likeness (QED) is 0.718. The Morgan fingerprint density at radius 2 is 2.15 bits per heavy atom. The fourth-order valence-corrected chi connectivity index (χ4v) is 1.26. The van der Waals surface area contributed by atoms with E-state index < -0.39 is 0 Å². The van der Waals surface area contributed by atoms with E-state index in [-0.39, 0.29) is 6.10 Å². The van der Waals surface area contributed by atoms with Gasteiger partial charge in [-0.15, -0.1) is 0 Å². The van der Waals surface area contributed by atoms with Crippen LogP contribution in [0.3, 0.4) is 0 Å². The summed E-state index contributed by atoms with van der Waals surface area (Å²) < 4.78 is 5.18. The Balaban J connectivity index is 1.79. The van der Waals surface area contributed by atoms with E-state index in [9.17, 15) is 0 Å².